The van der Waals surface area contributed by atoms with Gasteiger partial charge in [0.05, 0.1) is 25.6 Å². The molecule has 7 nitrogen and oxygen atoms in total. The van der Waals surface area contributed by atoms with Crippen molar-refractivity contribution in [2.45, 2.75) is 6.92 Å². The highest BCUT2D eigenvalue weighted by Gasteiger charge is 2.09. The summed E-state index contributed by atoms with van der Waals surface area (Å²) in [7, 11) is 0. The van der Waals surface area contributed by atoms with E-state index < -0.39 is 11.8 Å². The number of rotatable bonds is 7. The maximum atomic E-state index is 11.6. The zero-order valence-corrected chi connectivity index (χ0v) is 12.6. The molecule has 0 spiro atoms. The van der Waals surface area contributed by atoms with Crippen LogP contribution < -0.4 is 15.5 Å². The molecule has 23 heavy (non-hydrogen) atoms. The minimum Gasteiger partial charge on any atom is -0.493 e. The minimum atomic E-state index is -0.462. The van der Waals surface area contributed by atoms with E-state index in [-0.39, 0.29) is 12.3 Å². The van der Waals surface area contributed by atoms with Crippen LogP contribution >= 0.6 is 0 Å². The Hall–Kier alpha value is -3.09. The van der Waals surface area contributed by atoms with E-state index in [1.807, 2.05) is 31.2 Å². The van der Waals surface area contributed by atoms with E-state index >= 15 is 0 Å². The molecule has 1 heterocycles. The number of carbonyl (C=O) groups excluding carboxylic acids is 2. The molecular formula is C16H17N3O4. The van der Waals surface area contributed by atoms with Crippen molar-refractivity contribution in [1.29, 1.82) is 0 Å². The second-order valence-corrected chi connectivity index (χ2v) is 4.42. The average molecular weight is 315 g/mol. The molecule has 2 N–H and O–H groups in total. The lowest BCUT2D eigenvalue weighted by atomic mass is 10.2. The third-order valence-electron chi connectivity index (χ3n) is 2.77. The number of hydrogen-bond donors (Lipinski definition) is 2. The Morgan fingerprint density at radius 2 is 2.09 bits per heavy atom. The smallest absolute Gasteiger partial charge is 0.287 e. The molecule has 2 rings (SSSR count). The summed E-state index contributed by atoms with van der Waals surface area (Å²) < 4.78 is 10.4. The summed E-state index contributed by atoms with van der Waals surface area (Å²) in [4.78, 5) is 23.2. The van der Waals surface area contributed by atoms with Crippen LogP contribution in [0.25, 0.3) is 0 Å². The van der Waals surface area contributed by atoms with Crippen molar-refractivity contribution < 1.29 is 18.7 Å². The molecule has 0 aliphatic rings. The topological polar surface area (TPSA) is 92.9 Å². The highest BCUT2D eigenvalue weighted by molar-refractivity contribution is 5.94. The fourth-order valence-electron chi connectivity index (χ4n) is 1.74. The molecule has 1 aromatic carbocycles. The van der Waals surface area contributed by atoms with Gasteiger partial charge in [-0.25, -0.2) is 5.43 Å². The van der Waals surface area contributed by atoms with Crippen LogP contribution in [0.1, 0.15) is 23.0 Å². The van der Waals surface area contributed by atoms with E-state index in [0.717, 1.165) is 5.56 Å². The molecule has 0 bridgehead atoms. The van der Waals surface area contributed by atoms with Gasteiger partial charge in [0, 0.05) is 5.56 Å². The number of nitrogens with one attached hydrogen (secondary N) is 2. The number of nitrogens with zero attached hydrogens (tertiary/aromatic N) is 1. The zero-order chi connectivity index (χ0) is 16.5. The lowest BCUT2D eigenvalue weighted by Gasteiger charge is -2.06. The summed E-state index contributed by atoms with van der Waals surface area (Å²) in [5, 5.41) is 6.27. The molecule has 2 amide bonds. The summed E-state index contributed by atoms with van der Waals surface area (Å²) >= 11 is 0. The molecule has 1 aromatic heterocycles. The van der Waals surface area contributed by atoms with Crippen LogP contribution in [0.2, 0.25) is 0 Å². The first-order valence-corrected chi connectivity index (χ1v) is 7.06. The van der Waals surface area contributed by atoms with Crippen LogP contribution in [0.3, 0.4) is 0 Å². The Morgan fingerprint density at radius 3 is 2.83 bits per heavy atom. The zero-order valence-electron chi connectivity index (χ0n) is 12.6. The summed E-state index contributed by atoms with van der Waals surface area (Å²) in [6, 6.07) is 10.4. The van der Waals surface area contributed by atoms with Gasteiger partial charge in [-0.1, -0.05) is 12.1 Å². The first-order chi connectivity index (χ1) is 11.2. The number of amides is 2. The predicted molar refractivity (Wildman–Crippen MR) is 84.4 cm³/mol. The van der Waals surface area contributed by atoms with Crippen molar-refractivity contribution in [2.75, 3.05) is 13.2 Å². The van der Waals surface area contributed by atoms with Gasteiger partial charge < -0.3 is 14.5 Å². The van der Waals surface area contributed by atoms with Gasteiger partial charge >= 0.3 is 0 Å². The first kappa shape index (κ1) is 16.3. The van der Waals surface area contributed by atoms with Gasteiger partial charge in [0.2, 0.25) is 0 Å². The van der Waals surface area contributed by atoms with Gasteiger partial charge in [0.15, 0.2) is 5.76 Å². The lowest BCUT2D eigenvalue weighted by Crippen LogP contribution is -2.34. The van der Waals surface area contributed by atoms with Gasteiger partial charge in [-0.2, -0.15) is 5.10 Å². The standard InChI is InChI=1S/C16H17N3O4/c1-2-22-13-7-4-3-6-12(13)10-18-19-15(20)11-17-16(21)14-8-5-9-23-14/h3-10H,2,11H2,1H3,(H,17,21)(H,19,20)/b18-10+. The Labute approximate surface area is 133 Å². The molecular weight excluding hydrogens is 298 g/mol. The molecule has 120 valence electrons. The molecule has 0 unspecified atom stereocenters. The molecule has 0 saturated heterocycles. The second-order valence-electron chi connectivity index (χ2n) is 4.42. The quantitative estimate of drug-likeness (QED) is 0.599. The molecule has 7 heteroatoms. The van der Waals surface area contributed by atoms with Crippen molar-refractivity contribution in [1.82, 2.24) is 10.7 Å². The van der Waals surface area contributed by atoms with E-state index in [1.54, 1.807) is 6.07 Å². The van der Waals surface area contributed by atoms with Gasteiger partial charge in [0.1, 0.15) is 5.75 Å². The fourth-order valence-corrected chi connectivity index (χ4v) is 1.74. The van der Waals surface area contributed by atoms with Crippen molar-refractivity contribution in [3.8, 4) is 5.75 Å². The first-order valence-electron chi connectivity index (χ1n) is 7.06. The minimum absolute atomic E-state index is 0.145. The summed E-state index contributed by atoms with van der Waals surface area (Å²) in [5.41, 5.74) is 3.08. The molecule has 0 aliphatic heterocycles. The lowest BCUT2D eigenvalue weighted by molar-refractivity contribution is -0.120. The predicted octanol–water partition coefficient (Wildman–Crippen LogP) is 1.56. The highest BCUT2D eigenvalue weighted by Crippen LogP contribution is 2.15. The third kappa shape index (κ3) is 4.99. The molecule has 0 fully saturated rings. The number of hydrogen-bond acceptors (Lipinski definition) is 5. The Morgan fingerprint density at radius 1 is 1.26 bits per heavy atom. The number of benzene rings is 1. The highest BCUT2D eigenvalue weighted by atomic mass is 16.5. The average Bonchev–Trinajstić information content (AvgIpc) is 3.09. The van der Waals surface area contributed by atoms with Crippen molar-refractivity contribution in [3.05, 3.63) is 54.0 Å². The number of hydrazone groups is 1. The second kappa shape index (κ2) is 8.38. The maximum absolute atomic E-state index is 11.6. The van der Waals surface area contributed by atoms with Crippen LogP contribution in [0, 0.1) is 0 Å². The van der Waals surface area contributed by atoms with Crippen molar-refractivity contribution in [2.24, 2.45) is 5.10 Å². The van der Waals surface area contributed by atoms with Crippen LogP contribution in [-0.2, 0) is 4.79 Å². The SMILES string of the molecule is CCOc1ccccc1/C=N/NC(=O)CNC(=O)c1ccco1. The molecule has 0 aliphatic carbocycles. The number of para-hydroxylation sites is 1. The maximum Gasteiger partial charge on any atom is 0.287 e. The molecule has 2 aromatic rings. The van der Waals surface area contributed by atoms with Gasteiger partial charge in [0.25, 0.3) is 11.8 Å². The van der Waals surface area contributed by atoms with Crippen LogP contribution in [-0.4, -0.2) is 31.2 Å². The largest absolute Gasteiger partial charge is 0.493 e. The van der Waals surface area contributed by atoms with Crippen molar-refractivity contribution in [3.63, 3.8) is 0 Å². The van der Waals surface area contributed by atoms with Gasteiger partial charge in [-0.05, 0) is 31.2 Å². The molecule has 0 saturated carbocycles. The van der Waals surface area contributed by atoms with Crippen molar-refractivity contribution >= 4 is 18.0 Å². The number of carbonyl (C=O) groups is 2. The van der Waals surface area contributed by atoms with Crippen LogP contribution in [0.5, 0.6) is 5.75 Å². The molecule has 0 radical (unpaired) electrons. The number of ether oxygens (including phenoxy) is 1. The van der Waals surface area contributed by atoms with Crippen LogP contribution in [0.4, 0.5) is 0 Å². The Bertz CT molecular complexity index is 680. The summed E-state index contributed by atoms with van der Waals surface area (Å²) in [5.74, 6) is -0.0862. The number of furan rings is 1. The van der Waals surface area contributed by atoms with E-state index in [0.29, 0.717) is 12.4 Å². The Balaban J connectivity index is 1.81. The monoisotopic (exact) mass is 315 g/mol. The fraction of sp³-hybridized carbons (Fsp3) is 0.188. The van der Waals surface area contributed by atoms with E-state index in [1.165, 1.54) is 18.5 Å². The summed E-state index contributed by atoms with van der Waals surface area (Å²) in [6.07, 6.45) is 2.87. The van der Waals surface area contributed by atoms with Gasteiger partial charge in [-0.3, -0.25) is 9.59 Å². The normalized spacial score (nSPS) is 10.5. The summed E-state index contributed by atoms with van der Waals surface area (Å²) in [6.45, 7) is 2.22. The van der Waals surface area contributed by atoms with Crippen LogP contribution in [0.15, 0.2) is 52.2 Å². The van der Waals surface area contributed by atoms with E-state index in [4.69, 9.17) is 9.15 Å². The van der Waals surface area contributed by atoms with E-state index in [9.17, 15) is 9.59 Å². The molecule has 0 atom stereocenters. The van der Waals surface area contributed by atoms with Gasteiger partial charge in [-0.15, -0.1) is 0 Å². The Kier molecular flexibility index (Phi) is 5.93. The third-order valence-corrected chi connectivity index (χ3v) is 2.77. The van der Waals surface area contributed by atoms with E-state index in [2.05, 4.69) is 15.8 Å².